The largest absolute Gasteiger partial charge is 0.461 e. The first kappa shape index (κ1) is 16.0. The summed E-state index contributed by atoms with van der Waals surface area (Å²) < 4.78 is 17.4. The van der Waals surface area contributed by atoms with Crippen LogP contribution in [0.2, 0.25) is 0 Å². The zero-order valence-corrected chi connectivity index (χ0v) is 12.8. The number of aromatic nitrogens is 2. The van der Waals surface area contributed by atoms with Crippen molar-refractivity contribution in [3.05, 3.63) is 17.5 Å². The Kier molecular flexibility index (Phi) is 6.20. The third kappa shape index (κ3) is 4.54. The molecule has 6 heteroatoms. The molecule has 0 N–H and O–H groups in total. The van der Waals surface area contributed by atoms with E-state index in [1.807, 2.05) is 10.7 Å². The molecule has 118 valence electrons. The molecular formula is C15H24N2O4. The molecule has 21 heavy (non-hydrogen) atoms. The summed E-state index contributed by atoms with van der Waals surface area (Å²) in [6.07, 6.45) is 3.04. The summed E-state index contributed by atoms with van der Waals surface area (Å²) in [7, 11) is 1.66. The molecule has 0 aromatic carbocycles. The van der Waals surface area contributed by atoms with Crippen molar-refractivity contribution >= 4 is 5.97 Å². The maximum Gasteiger partial charge on any atom is 0.358 e. The first-order valence-electron chi connectivity index (χ1n) is 7.55. The molecule has 1 fully saturated rings. The molecule has 1 aliphatic rings. The fourth-order valence-corrected chi connectivity index (χ4v) is 2.54. The molecular weight excluding hydrogens is 272 g/mol. The van der Waals surface area contributed by atoms with E-state index in [2.05, 4.69) is 5.10 Å². The van der Waals surface area contributed by atoms with Gasteiger partial charge in [-0.05, 0) is 38.2 Å². The van der Waals surface area contributed by atoms with Gasteiger partial charge in [-0.25, -0.2) is 4.79 Å². The number of carbonyl (C=O) groups is 1. The smallest absolute Gasteiger partial charge is 0.358 e. The number of hydrogen-bond donors (Lipinski definition) is 0. The number of hydrogen-bond acceptors (Lipinski definition) is 5. The van der Waals surface area contributed by atoms with Crippen LogP contribution < -0.4 is 0 Å². The molecule has 0 spiro atoms. The van der Waals surface area contributed by atoms with Crippen LogP contribution in [0.4, 0.5) is 0 Å². The van der Waals surface area contributed by atoms with Crippen molar-refractivity contribution in [2.24, 2.45) is 5.92 Å². The molecule has 0 unspecified atom stereocenters. The Morgan fingerprint density at radius 2 is 2.24 bits per heavy atom. The number of carbonyl (C=O) groups excluding carboxylic acids is 1. The number of ether oxygens (including phenoxy) is 3. The zero-order valence-electron chi connectivity index (χ0n) is 12.8. The van der Waals surface area contributed by atoms with E-state index in [-0.39, 0.29) is 5.97 Å². The zero-order chi connectivity index (χ0) is 15.1. The Labute approximate surface area is 125 Å². The molecule has 0 amide bonds. The minimum Gasteiger partial charge on any atom is -0.461 e. The summed E-state index contributed by atoms with van der Waals surface area (Å²) in [4.78, 5) is 11.8. The maximum atomic E-state index is 11.8. The van der Waals surface area contributed by atoms with Crippen LogP contribution in [0.25, 0.3) is 0 Å². The summed E-state index contributed by atoms with van der Waals surface area (Å²) in [6.45, 7) is 5.02. The lowest BCUT2D eigenvalue weighted by Crippen LogP contribution is -2.19. The molecule has 1 saturated heterocycles. The van der Waals surface area contributed by atoms with Gasteiger partial charge in [-0.2, -0.15) is 5.10 Å². The van der Waals surface area contributed by atoms with Crippen LogP contribution in [-0.2, 0) is 27.2 Å². The predicted molar refractivity (Wildman–Crippen MR) is 77.3 cm³/mol. The van der Waals surface area contributed by atoms with Crippen LogP contribution in [-0.4, -0.2) is 49.3 Å². The van der Waals surface area contributed by atoms with Gasteiger partial charge in [-0.3, -0.25) is 4.68 Å². The van der Waals surface area contributed by atoms with E-state index in [1.165, 1.54) is 0 Å². The second-order valence-corrected chi connectivity index (χ2v) is 5.22. The fourth-order valence-electron chi connectivity index (χ4n) is 2.54. The Morgan fingerprint density at radius 3 is 2.90 bits per heavy atom. The summed E-state index contributed by atoms with van der Waals surface area (Å²) in [5.41, 5.74) is 1.46. The van der Waals surface area contributed by atoms with Crippen molar-refractivity contribution in [2.45, 2.75) is 32.7 Å². The van der Waals surface area contributed by atoms with Crippen LogP contribution in [0.5, 0.6) is 0 Å². The van der Waals surface area contributed by atoms with E-state index in [9.17, 15) is 4.79 Å². The van der Waals surface area contributed by atoms with Gasteiger partial charge in [0.15, 0.2) is 5.69 Å². The van der Waals surface area contributed by atoms with Crippen molar-refractivity contribution < 1.29 is 19.0 Å². The van der Waals surface area contributed by atoms with Crippen LogP contribution in [0, 0.1) is 5.92 Å². The average Bonchev–Trinajstić information content (AvgIpc) is 2.89. The van der Waals surface area contributed by atoms with Crippen LogP contribution in [0.3, 0.4) is 0 Å². The maximum absolute atomic E-state index is 11.8. The third-order valence-corrected chi connectivity index (χ3v) is 3.69. The second kappa shape index (κ2) is 8.14. The van der Waals surface area contributed by atoms with E-state index >= 15 is 0 Å². The third-order valence-electron chi connectivity index (χ3n) is 3.69. The summed E-state index contributed by atoms with van der Waals surface area (Å²) in [5.74, 6) is 0.230. The lowest BCUT2D eigenvalue weighted by molar-refractivity contribution is 0.0518. The Morgan fingerprint density at radius 1 is 1.48 bits per heavy atom. The minimum absolute atomic E-state index is 0.359. The van der Waals surface area contributed by atoms with Crippen molar-refractivity contribution in [1.82, 2.24) is 9.78 Å². The summed E-state index contributed by atoms with van der Waals surface area (Å²) in [5, 5.41) is 4.36. The van der Waals surface area contributed by atoms with Gasteiger partial charge in [0.2, 0.25) is 0 Å². The summed E-state index contributed by atoms with van der Waals surface area (Å²) >= 11 is 0. The topological polar surface area (TPSA) is 62.6 Å². The first-order chi connectivity index (χ1) is 10.2. The van der Waals surface area contributed by atoms with Gasteiger partial charge in [0.05, 0.1) is 19.8 Å². The van der Waals surface area contributed by atoms with Crippen molar-refractivity contribution in [3.63, 3.8) is 0 Å². The highest BCUT2D eigenvalue weighted by molar-refractivity contribution is 5.87. The number of nitrogens with zero attached hydrogens (tertiary/aromatic N) is 2. The average molecular weight is 296 g/mol. The highest BCUT2D eigenvalue weighted by Gasteiger charge is 2.20. The van der Waals surface area contributed by atoms with Gasteiger partial charge in [0, 0.05) is 26.0 Å². The van der Waals surface area contributed by atoms with E-state index < -0.39 is 0 Å². The van der Waals surface area contributed by atoms with Gasteiger partial charge in [-0.1, -0.05) is 0 Å². The van der Waals surface area contributed by atoms with Crippen LogP contribution >= 0.6 is 0 Å². The van der Waals surface area contributed by atoms with Gasteiger partial charge in [0.1, 0.15) is 0 Å². The summed E-state index contributed by atoms with van der Waals surface area (Å²) in [6, 6.07) is 1.85. The van der Waals surface area contributed by atoms with Gasteiger partial charge in [-0.15, -0.1) is 0 Å². The molecule has 2 rings (SSSR count). The molecule has 0 bridgehead atoms. The quantitative estimate of drug-likeness (QED) is 0.716. The van der Waals surface area contributed by atoms with Crippen LogP contribution in [0.15, 0.2) is 6.07 Å². The minimum atomic E-state index is -0.359. The molecule has 0 atom stereocenters. The molecule has 2 heterocycles. The highest BCUT2D eigenvalue weighted by Crippen LogP contribution is 2.21. The lowest BCUT2D eigenvalue weighted by atomic mass is 9.95. The van der Waals surface area contributed by atoms with Gasteiger partial charge < -0.3 is 14.2 Å². The second-order valence-electron chi connectivity index (χ2n) is 5.22. The molecule has 1 aromatic heterocycles. The van der Waals surface area contributed by atoms with Crippen molar-refractivity contribution in [2.75, 3.05) is 33.5 Å². The molecule has 0 saturated carbocycles. The molecule has 0 aliphatic carbocycles. The molecule has 1 aliphatic heterocycles. The van der Waals surface area contributed by atoms with Crippen LogP contribution in [0.1, 0.15) is 35.9 Å². The van der Waals surface area contributed by atoms with Gasteiger partial charge in [0.25, 0.3) is 0 Å². The number of esters is 1. The molecule has 6 nitrogen and oxygen atoms in total. The van der Waals surface area contributed by atoms with E-state index in [0.29, 0.717) is 31.4 Å². The van der Waals surface area contributed by atoms with Crippen molar-refractivity contribution in [1.29, 1.82) is 0 Å². The molecule has 0 radical (unpaired) electrons. The first-order valence-corrected chi connectivity index (χ1v) is 7.55. The monoisotopic (exact) mass is 296 g/mol. The van der Waals surface area contributed by atoms with Crippen molar-refractivity contribution in [3.8, 4) is 0 Å². The number of methoxy groups -OCH3 is 1. The molecule has 1 aromatic rings. The Balaban J connectivity index is 2.09. The standard InChI is InChI=1S/C15H24N2O4/c1-3-21-15(18)14-11-13(17(16-14)6-9-19-2)10-12-4-7-20-8-5-12/h11-12H,3-10H2,1-2H3. The fraction of sp³-hybridized carbons (Fsp3) is 0.733. The Hall–Kier alpha value is -1.40. The predicted octanol–water partition coefficient (Wildman–Crippen LogP) is 1.68. The normalized spacial score (nSPS) is 16.1. The Bertz CT molecular complexity index is 453. The van der Waals surface area contributed by atoms with E-state index in [4.69, 9.17) is 14.2 Å². The lowest BCUT2D eigenvalue weighted by Gasteiger charge is -2.22. The van der Waals surface area contributed by atoms with E-state index in [1.54, 1.807) is 14.0 Å². The number of rotatable bonds is 7. The SMILES string of the molecule is CCOC(=O)c1cc(CC2CCOCC2)n(CCOC)n1. The van der Waals surface area contributed by atoms with E-state index in [0.717, 1.165) is 38.2 Å². The highest BCUT2D eigenvalue weighted by atomic mass is 16.5. The van der Waals surface area contributed by atoms with Gasteiger partial charge >= 0.3 is 5.97 Å².